The summed E-state index contributed by atoms with van der Waals surface area (Å²) < 4.78 is 11.2. The molecule has 3 nitrogen and oxygen atoms in total. The van der Waals surface area contributed by atoms with Crippen LogP contribution in [0.3, 0.4) is 0 Å². The fourth-order valence-corrected chi connectivity index (χ4v) is 1.72. The molecule has 0 radical (unpaired) electrons. The third-order valence-electron chi connectivity index (χ3n) is 3.06. The highest BCUT2D eigenvalue weighted by Crippen LogP contribution is 2.34. The van der Waals surface area contributed by atoms with Gasteiger partial charge in [0.25, 0.3) is 0 Å². The summed E-state index contributed by atoms with van der Waals surface area (Å²) in [6.45, 7) is 6.46. The highest BCUT2D eigenvalue weighted by atomic mass is 16.5. The van der Waals surface area contributed by atoms with Gasteiger partial charge in [-0.05, 0) is 38.8 Å². The van der Waals surface area contributed by atoms with Gasteiger partial charge in [-0.3, -0.25) is 0 Å². The average molecular weight is 235 g/mol. The van der Waals surface area contributed by atoms with E-state index in [1.165, 1.54) is 12.8 Å². The molecule has 0 heterocycles. The molecule has 1 aliphatic carbocycles. The standard InChI is InChI=1S/C14H21NO2/c1-3-16-12-6-4-5-7-13(12)17-11-10-15-14(2)8-9-14/h4-7,15H,3,8-11H2,1-2H3. The largest absolute Gasteiger partial charge is 0.490 e. The second-order valence-corrected chi connectivity index (χ2v) is 4.72. The van der Waals surface area contributed by atoms with Crippen molar-refractivity contribution in [3.63, 3.8) is 0 Å². The predicted molar refractivity (Wildman–Crippen MR) is 68.7 cm³/mol. The summed E-state index contributed by atoms with van der Waals surface area (Å²) in [5.74, 6) is 1.66. The zero-order chi connectivity index (χ0) is 12.1. The van der Waals surface area contributed by atoms with Crippen molar-refractivity contribution in [1.29, 1.82) is 0 Å². The molecule has 17 heavy (non-hydrogen) atoms. The molecule has 1 fully saturated rings. The average Bonchev–Trinajstić information content (AvgIpc) is 3.06. The quantitative estimate of drug-likeness (QED) is 0.737. The molecule has 3 heteroatoms. The maximum Gasteiger partial charge on any atom is 0.161 e. The van der Waals surface area contributed by atoms with Crippen molar-refractivity contribution in [3.8, 4) is 11.5 Å². The summed E-state index contributed by atoms with van der Waals surface area (Å²) in [5.41, 5.74) is 0.378. The third-order valence-corrected chi connectivity index (χ3v) is 3.06. The molecule has 0 atom stereocenters. The number of nitrogens with one attached hydrogen (secondary N) is 1. The molecule has 1 saturated carbocycles. The second-order valence-electron chi connectivity index (χ2n) is 4.72. The van der Waals surface area contributed by atoms with Gasteiger partial charge in [0, 0.05) is 12.1 Å². The van der Waals surface area contributed by atoms with Crippen LogP contribution in [-0.4, -0.2) is 25.3 Å². The summed E-state index contributed by atoms with van der Waals surface area (Å²) in [7, 11) is 0. The predicted octanol–water partition coefficient (Wildman–Crippen LogP) is 2.61. The molecule has 1 N–H and O–H groups in total. The normalized spacial score (nSPS) is 16.6. The van der Waals surface area contributed by atoms with E-state index >= 15 is 0 Å². The zero-order valence-electron chi connectivity index (χ0n) is 10.7. The molecule has 0 spiro atoms. The van der Waals surface area contributed by atoms with Gasteiger partial charge in [-0.25, -0.2) is 0 Å². The lowest BCUT2D eigenvalue weighted by molar-refractivity contribution is 0.271. The van der Waals surface area contributed by atoms with Gasteiger partial charge in [0.05, 0.1) is 6.61 Å². The van der Waals surface area contributed by atoms with Crippen LogP contribution in [0.4, 0.5) is 0 Å². The fraction of sp³-hybridized carbons (Fsp3) is 0.571. The lowest BCUT2D eigenvalue weighted by atomic mass is 10.3. The van der Waals surface area contributed by atoms with Gasteiger partial charge in [-0.2, -0.15) is 0 Å². The number of ether oxygens (including phenoxy) is 2. The molecule has 0 saturated heterocycles. The minimum Gasteiger partial charge on any atom is -0.490 e. The maximum absolute atomic E-state index is 5.73. The highest BCUT2D eigenvalue weighted by Gasteiger charge is 2.36. The Morgan fingerprint density at radius 2 is 1.82 bits per heavy atom. The summed E-state index contributed by atoms with van der Waals surface area (Å²) in [6, 6.07) is 7.81. The van der Waals surface area contributed by atoms with Crippen molar-refractivity contribution in [2.24, 2.45) is 0 Å². The smallest absolute Gasteiger partial charge is 0.161 e. The SMILES string of the molecule is CCOc1ccccc1OCCNC1(C)CC1. The summed E-state index contributed by atoms with van der Waals surface area (Å²) in [4.78, 5) is 0. The Balaban J connectivity index is 1.77. The highest BCUT2D eigenvalue weighted by molar-refractivity contribution is 5.39. The minimum atomic E-state index is 0.378. The molecular formula is C14H21NO2. The van der Waals surface area contributed by atoms with Crippen molar-refractivity contribution in [2.45, 2.75) is 32.2 Å². The molecule has 0 aromatic heterocycles. The van der Waals surface area contributed by atoms with Crippen LogP contribution in [0.15, 0.2) is 24.3 Å². The zero-order valence-corrected chi connectivity index (χ0v) is 10.7. The van der Waals surface area contributed by atoms with E-state index in [-0.39, 0.29) is 0 Å². The molecule has 0 amide bonds. The van der Waals surface area contributed by atoms with Crippen molar-refractivity contribution in [2.75, 3.05) is 19.8 Å². The van der Waals surface area contributed by atoms with Crippen molar-refractivity contribution < 1.29 is 9.47 Å². The van der Waals surface area contributed by atoms with E-state index in [4.69, 9.17) is 9.47 Å². The van der Waals surface area contributed by atoms with Crippen LogP contribution in [-0.2, 0) is 0 Å². The third kappa shape index (κ3) is 3.63. The molecular weight excluding hydrogens is 214 g/mol. The summed E-state index contributed by atoms with van der Waals surface area (Å²) in [6.07, 6.45) is 2.56. The van der Waals surface area contributed by atoms with Gasteiger partial charge in [-0.1, -0.05) is 12.1 Å². The van der Waals surface area contributed by atoms with E-state index in [9.17, 15) is 0 Å². The minimum absolute atomic E-state index is 0.378. The lowest BCUT2D eigenvalue weighted by Crippen LogP contribution is -2.31. The summed E-state index contributed by atoms with van der Waals surface area (Å²) in [5, 5.41) is 3.49. The fourth-order valence-electron chi connectivity index (χ4n) is 1.72. The van der Waals surface area contributed by atoms with Gasteiger partial charge >= 0.3 is 0 Å². The van der Waals surface area contributed by atoms with E-state index in [2.05, 4.69) is 12.2 Å². The van der Waals surface area contributed by atoms with Gasteiger partial charge in [0.2, 0.25) is 0 Å². The van der Waals surface area contributed by atoms with Gasteiger partial charge in [0.1, 0.15) is 6.61 Å². The first kappa shape index (κ1) is 12.2. The van der Waals surface area contributed by atoms with Crippen LogP contribution in [0.2, 0.25) is 0 Å². The van der Waals surface area contributed by atoms with Crippen molar-refractivity contribution >= 4 is 0 Å². The van der Waals surface area contributed by atoms with Gasteiger partial charge in [0.15, 0.2) is 11.5 Å². The maximum atomic E-state index is 5.73. The molecule has 0 bridgehead atoms. The van der Waals surface area contributed by atoms with Crippen LogP contribution in [0.5, 0.6) is 11.5 Å². The number of hydrogen-bond acceptors (Lipinski definition) is 3. The first-order valence-electron chi connectivity index (χ1n) is 6.33. The van der Waals surface area contributed by atoms with E-state index < -0.39 is 0 Å². The molecule has 0 unspecified atom stereocenters. The van der Waals surface area contributed by atoms with Crippen LogP contribution in [0.1, 0.15) is 26.7 Å². The Kier molecular flexibility index (Phi) is 3.89. The van der Waals surface area contributed by atoms with E-state index in [0.717, 1.165) is 18.0 Å². The lowest BCUT2D eigenvalue weighted by Gasteiger charge is -2.14. The number of rotatable bonds is 7. The van der Waals surface area contributed by atoms with Crippen LogP contribution in [0, 0.1) is 0 Å². The Morgan fingerprint density at radius 3 is 2.41 bits per heavy atom. The number of para-hydroxylation sites is 2. The first-order valence-corrected chi connectivity index (χ1v) is 6.33. The van der Waals surface area contributed by atoms with E-state index in [1.807, 2.05) is 31.2 Å². The topological polar surface area (TPSA) is 30.5 Å². The van der Waals surface area contributed by atoms with Crippen LogP contribution < -0.4 is 14.8 Å². The monoisotopic (exact) mass is 235 g/mol. The Hall–Kier alpha value is -1.22. The Labute approximate surface area is 103 Å². The molecule has 1 aromatic carbocycles. The van der Waals surface area contributed by atoms with Crippen LogP contribution >= 0.6 is 0 Å². The van der Waals surface area contributed by atoms with E-state index in [0.29, 0.717) is 18.8 Å². The summed E-state index contributed by atoms with van der Waals surface area (Å²) >= 11 is 0. The second kappa shape index (κ2) is 5.41. The first-order chi connectivity index (χ1) is 8.23. The van der Waals surface area contributed by atoms with E-state index in [1.54, 1.807) is 0 Å². The van der Waals surface area contributed by atoms with Crippen molar-refractivity contribution in [3.05, 3.63) is 24.3 Å². The van der Waals surface area contributed by atoms with Crippen molar-refractivity contribution in [1.82, 2.24) is 5.32 Å². The van der Waals surface area contributed by atoms with Gasteiger partial charge < -0.3 is 14.8 Å². The Morgan fingerprint density at radius 1 is 1.18 bits per heavy atom. The number of hydrogen-bond donors (Lipinski definition) is 1. The number of benzene rings is 1. The Bertz CT molecular complexity index is 361. The molecule has 94 valence electrons. The molecule has 1 aliphatic rings. The molecule has 2 rings (SSSR count). The molecule has 1 aromatic rings. The van der Waals surface area contributed by atoms with Gasteiger partial charge in [-0.15, -0.1) is 0 Å². The molecule has 0 aliphatic heterocycles. The van der Waals surface area contributed by atoms with Crippen LogP contribution in [0.25, 0.3) is 0 Å².